The van der Waals surface area contributed by atoms with Crippen molar-refractivity contribution in [1.82, 2.24) is 10.6 Å². The average molecular weight is 258 g/mol. The molecule has 0 aromatic heterocycles. The van der Waals surface area contributed by atoms with E-state index in [1.54, 1.807) is 0 Å². The van der Waals surface area contributed by atoms with Crippen molar-refractivity contribution < 1.29 is 4.79 Å². The van der Waals surface area contributed by atoms with Crippen LogP contribution in [0.1, 0.15) is 6.92 Å². The van der Waals surface area contributed by atoms with E-state index in [4.69, 9.17) is 0 Å². The maximum absolute atomic E-state index is 11.8. The molecule has 2 saturated heterocycles. The van der Waals surface area contributed by atoms with Crippen LogP contribution < -0.4 is 10.6 Å². The van der Waals surface area contributed by atoms with Gasteiger partial charge in [-0.15, -0.1) is 0 Å². The van der Waals surface area contributed by atoms with Crippen LogP contribution in [0, 0.1) is 0 Å². The molecule has 0 spiro atoms. The molecule has 3 nitrogen and oxygen atoms in total. The number of hydrogen-bond acceptors (Lipinski definition) is 4. The summed E-state index contributed by atoms with van der Waals surface area (Å²) in [6, 6.07) is 0. The van der Waals surface area contributed by atoms with Crippen LogP contribution in [-0.4, -0.2) is 48.0 Å². The van der Waals surface area contributed by atoms with E-state index in [1.807, 2.05) is 30.4 Å². The summed E-state index contributed by atoms with van der Waals surface area (Å²) in [5, 5.41) is 6.80. The van der Waals surface area contributed by atoms with Gasteiger partial charge in [-0.2, -0.15) is 23.5 Å². The van der Waals surface area contributed by atoms with E-state index in [1.165, 1.54) is 22.8 Å². The predicted molar refractivity (Wildman–Crippen MR) is 72.2 cm³/mol. The van der Waals surface area contributed by atoms with Gasteiger partial charge in [0, 0.05) is 47.7 Å². The first-order chi connectivity index (χ1) is 7.77. The van der Waals surface area contributed by atoms with Crippen molar-refractivity contribution in [3.8, 4) is 0 Å². The molecule has 1 unspecified atom stereocenters. The van der Waals surface area contributed by atoms with Crippen LogP contribution in [0.15, 0.2) is 11.1 Å². The molecule has 1 atom stereocenters. The molecule has 0 aromatic rings. The van der Waals surface area contributed by atoms with Gasteiger partial charge in [-0.05, 0) is 12.5 Å². The summed E-state index contributed by atoms with van der Waals surface area (Å²) in [6.45, 7) is 4.50. The summed E-state index contributed by atoms with van der Waals surface area (Å²) in [6.07, 6.45) is 0. The second kappa shape index (κ2) is 5.98. The Morgan fingerprint density at radius 1 is 1.50 bits per heavy atom. The first-order valence-electron chi connectivity index (χ1n) is 5.64. The van der Waals surface area contributed by atoms with E-state index < -0.39 is 0 Å². The Morgan fingerprint density at radius 3 is 2.88 bits per heavy atom. The summed E-state index contributed by atoms with van der Waals surface area (Å²) in [5.74, 6) is 3.76. The van der Waals surface area contributed by atoms with Crippen LogP contribution in [0.25, 0.3) is 0 Å². The summed E-state index contributed by atoms with van der Waals surface area (Å²) >= 11 is 3.97. The topological polar surface area (TPSA) is 41.1 Å². The monoisotopic (exact) mass is 258 g/mol. The Labute approximate surface area is 105 Å². The first-order valence-corrected chi connectivity index (χ1v) is 7.84. The predicted octanol–water partition coefficient (Wildman–Crippen LogP) is 0.871. The number of thioether (sulfide) groups is 2. The fourth-order valence-electron chi connectivity index (χ4n) is 1.67. The van der Waals surface area contributed by atoms with E-state index in [0.717, 1.165) is 25.2 Å². The highest BCUT2D eigenvalue weighted by Gasteiger charge is 2.18. The van der Waals surface area contributed by atoms with Crippen molar-refractivity contribution in [3.63, 3.8) is 0 Å². The summed E-state index contributed by atoms with van der Waals surface area (Å²) in [4.78, 5) is 11.8. The number of amides is 1. The lowest BCUT2D eigenvalue weighted by Gasteiger charge is -2.23. The normalized spacial score (nSPS) is 24.8. The molecule has 0 saturated carbocycles. The summed E-state index contributed by atoms with van der Waals surface area (Å²) in [7, 11) is 0. The minimum Gasteiger partial charge on any atom is -0.351 e. The third-order valence-electron chi connectivity index (χ3n) is 2.92. The van der Waals surface area contributed by atoms with E-state index in [9.17, 15) is 4.79 Å². The lowest BCUT2D eigenvalue weighted by molar-refractivity contribution is -0.117. The van der Waals surface area contributed by atoms with Crippen LogP contribution in [0.2, 0.25) is 0 Å². The molecule has 0 bridgehead atoms. The molecule has 2 heterocycles. The van der Waals surface area contributed by atoms with Crippen LogP contribution >= 0.6 is 23.5 Å². The molecule has 2 aliphatic heterocycles. The molecule has 1 amide bonds. The lowest BCUT2D eigenvalue weighted by Crippen LogP contribution is -2.39. The maximum Gasteiger partial charge on any atom is 0.247 e. The Kier molecular flexibility index (Phi) is 4.61. The Morgan fingerprint density at radius 2 is 2.31 bits per heavy atom. The van der Waals surface area contributed by atoms with Gasteiger partial charge in [0.25, 0.3) is 0 Å². The van der Waals surface area contributed by atoms with Gasteiger partial charge < -0.3 is 10.6 Å². The van der Waals surface area contributed by atoms with Crippen molar-refractivity contribution in [2.75, 3.05) is 36.9 Å². The molecule has 0 aromatic carbocycles. The van der Waals surface area contributed by atoms with Crippen LogP contribution in [0.4, 0.5) is 0 Å². The van der Waals surface area contributed by atoms with Crippen molar-refractivity contribution in [2.24, 2.45) is 0 Å². The van der Waals surface area contributed by atoms with E-state index >= 15 is 0 Å². The third kappa shape index (κ3) is 3.18. The fourth-order valence-corrected chi connectivity index (χ4v) is 4.28. The number of hydrogen-bond donors (Lipinski definition) is 2. The fraction of sp³-hybridized carbons (Fsp3) is 0.727. The second-order valence-electron chi connectivity index (χ2n) is 4.11. The number of nitrogens with one attached hydrogen (secondary N) is 2. The number of rotatable bonds is 3. The molecular formula is C11H18N2OS2. The van der Waals surface area contributed by atoms with Gasteiger partial charge in [0.15, 0.2) is 0 Å². The van der Waals surface area contributed by atoms with E-state index in [2.05, 4.69) is 10.6 Å². The quantitative estimate of drug-likeness (QED) is 0.737. The summed E-state index contributed by atoms with van der Waals surface area (Å²) in [5.41, 5.74) is 2.16. The molecule has 90 valence electrons. The lowest BCUT2D eigenvalue weighted by atomic mass is 10.0. The zero-order valence-electron chi connectivity index (χ0n) is 9.54. The minimum absolute atomic E-state index is 0.118. The SMILES string of the molecule is CC(C(=O)NCC1CSCCS1)=C1CNC1. The maximum atomic E-state index is 11.8. The highest BCUT2D eigenvalue weighted by Crippen LogP contribution is 2.23. The molecule has 0 aliphatic carbocycles. The minimum atomic E-state index is 0.118. The highest BCUT2D eigenvalue weighted by molar-refractivity contribution is 8.06. The molecule has 2 N–H and O–H groups in total. The van der Waals surface area contributed by atoms with Gasteiger partial charge in [0.05, 0.1) is 0 Å². The molecular weight excluding hydrogens is 240 g/mol. The molecule has 5 heteroatoms. The van der Waals surface area contributed by atoms with Gasteiger partial charge in [-0.25, -0.2) is 0 Å². The molecule has 2 rings (SSSR count). The Bertz CT molecular complexity index is 292. The molecule has 2 fully saturated rings. The standard InChI is InChI=1S/C11H18N2OS2/c1-8(9-4-12-5-9)11(14)13-6-10-7-15-2-3-16-10/h10,12H,2-7H2,1H3,(H,13,14). The van der Waals surface area contributed by atoms with Gasteiger partial charge in [0.2, 0.25) is 5.91 Å². The van der Waals surface area contributed by atoms with Gasteiger partial charge in [0.1, 0.15) is 0 Å². The molecule has 16 heavy (non-hydrogen) atoms. The average Bonchev–Trinajstić information content (AvgIpc) is 2.25. The second-order valence-corrected chi connectivity index (χ2v) is 6.67. The van der Waals surface area contributed by atoms with Gasteiger partial charge in [-0.1, -0.05) is 0 Å². The van der Waals surface area contributed by atoms with Crippen LogP contribution in [0.3, 0.4) is 0 Å². The third-order valence-corrected chi connectivity index (χ3v) is 5.77. The number of carbonyl (C=O) groups excluding carboxylic acids is 1. The largest absolute Gasteiger partial charge is 0.351 e. The van der Waals surface area contributed by atoms with Gasteiger partial charge >= 0.3 is 0 Å². The smallest absolute Gasteiger partial charge is 0.247 e. The van der Waals surface area contributed by atoms with Crippen molar-refractivity contribution >= 4 is 29.4 Å². The molecule has 2 aliphatic rings. The van der Waals surface area contributed by atoms with Crippen molar-refractivity contribution in [3.05, 3.63) is 11.1 Å². The Hall–Kier alpha value is -0.130. The number of carbonyl (C=O) groups is 1. The summed E-state index contributed by atoms with van der Waals surface area (Å²) < 4.78 is 0. The zero-order valence-corrected chi connectivity index (χ0v) is 11.2. The van der Waals surface area contributed by atoms with E-state index in [-0.39, 0.29) is 5.91 Å². The van der Waals surface area contributed by atoms with Crippen molar-refractivity contribution in [1.29, 1.82) is 0 Å². The molecule has 0 radical (unpaired) electrons. The zero-order chi connectivity index (χ0) is 11.4. The van der Waals surface area contributed by atoms with Crippen molar-refractivity contribution in [2.45, 2.75) is 12.2 Å². The van der Waals surface area contributed by atoms with Gasteiger partial charge in [-0.3, -0.25) is 4.79 Å². The highest BCUT2D eigenvalue weighted by atomic mass is 32.2. The van der Waals surface area contributed by atoms with Crippen LogP contribution in [0.5, 0.6) is 0 Å². The Balaban J connectivity index is 1.74. The first kappa shape index (κ1) is 12.3. The van der Waals surface area contributed by atoms with E-state index in [0.29, 0.717) is 5.25 Å². The van der Waals surface area contributed by atoms with Crippen LogP contribution in [-0.2, 0) is 4.79 Å².